The van der Waals surface area contributed by atoms with Crippen molar-refractivity contribution in [2.75, 3.05) is 0 Å². The molecule has 7 heteroatoms. The fourth-order valence-corrected chi connectivity index (χ4v) is 2.84. The van der Waals surface area contributed by atoms with Gasteiger partial charge in [0.25, 0.3) is 9.70 Å². The zero-order chi connectivity index (χ0) is 17.5. The van der Waals surface area contributed by atoms with Gasteiger partial charge < -0.3 is 5.32 Å². The van der Waals surface area contributed by atoms with Crippen LogP contribution in [0.5, 0.6) is 0 Å². The van der Waals surface area contributed by atoms with Crippen molar-refractivity contribution in [2.45, 2.75) is 10.3 Å². The Hall–Kier alpha value is -1.88. The van der Waals surface area contributed by atoms with Crippen LogP contribution in [0.3, 0.4) is 0 Å². The number of alkyl halides is 3. The van der Waals surface area contributed by atoms with Crippen molar-refractivity contribution in [3.63, 3.8) is 0 Å². The Labute approximate surface area is 152 Å². The first-order chi connectivity index (χ1) is 11.3. The molecule has 0 radical (unpaired) electrons. The molecule has 0 saturated carbocycles. The van der Waals surface area contributed by atoms with Crippen molar-refractivity contribution >= 4 is 52.3 Å². The van der Waals surface area contributed by atoms with E-state index in [0.29, 0.717) is 22.3 Å². The highest BCUT2D eigenvalue weighted by Crippen LogP contribution is 2.30. The fraction of sp³-hybridized carbons (Fsp3) is 0.118. The zero-order valence-electron chi connectivity index (χ0n) is 12.1. The third-order valence-corrected chi connectivity index (χ3v) is 4.25. The molecule has 1 aliphatic rings. The monoisotopic (exact) mass is 381 g/mol. The van der Waals surface area contributed by atoms with Gasteiger partial charge in [-0.05, 0) is 5.56 Å². The highest BCUT2D eigenvalue weighted by molar-refractivity contribution is 6.76. The number of carbonyl (C=O) groups excluding carboxylic acids is 3. The second-order valence-corrected chi connectivity index (χ2v) is 7.51. The molecule has 1 N–H and O–H groups in total. The van der Waals surface area contributed by atoms with Crippen LogP contribution in [-0.4, -0.2) is 21.3 Å². The highest BCUT2D eigenvalue weighted by Gasteiger charge is 2.33. The van der Waals surface area contributed by atoms with E-state index in [9.17, 15) is 14.4 Å². The third-order valence-electron chi connectivity index (χ3n) is 3.74. The molecule has 0 aliphatic heterocycles. The molecule has 0 bridgehead atoms. The molecule has 122 valence electrons. The second-order valence-electron chi connectivity index (χ2n) is 5.22. The number of benzene rings is 2. The van der Waals surface area contributed by atoms with Crippen LogP contribution in [0.1, 0.15) is 37.4 Å². The van der Waals surface area contributed by atoms with Crippen LogP contribution < -0.4 is 5.32 Å². The fourth-order valence-electron chi connectivity index (χ4n) is 2.64. The molecule has 0 unspecified atom stereocenters. The molecular weight excluding hydrogens is 373 g/mol. The van der Waals surface area contributed by atoms with Gasteiger partial charge in [0.1, 0.15) is 0 Å². The lowest BCUT2D eigenvalue weighted by Crippen LogP contribution is -2.35. The first-order valence-corrected chi connectivity index (χ1v) is 8.09. The molecule has 0 spiro atoms. The van der Waals surface area contributed by atoms with E-state index < -0.39 is 9.70 Å². The van der Waals surface area contributed by atoms with Crippen molar-refractivity contribution < 1.29 is 14.4 Å². The SMILES string of the molecule is O=C1c2ccccc2C(=O)c2c(CNC(=O)C(Cl)(Cl)Cl)cccc21. The Morgan fingerprint density at radius 2 is 1.46 bits per heavy atom. The molecule has 0 fully saturated rings. The van der Waals surface area contributed by atoms with Crippen LogP contribution >= 0.6 is 34.8 Å². The van der Waals surface area contributed by atoms with Gasteiger partial charge in [-0.1, -0.05) is 77.3 Å². The molecule has 1 aliphatic carbocycles. The average molecular weight is 383 g/mol. The summed E-state index contributed by atoms with van der Waals surface area (Å²) in [4.78, 5) is 37.1. The molecule has 4 nitrogen and oxygen atoms in total. The van der Waals surface area contributed by atoms with Crippen molar-refractivity contribution in [3.05, 3.63) is 70.3 Å². The van der Waals surface area contributed by atoms with Gasteiger partial charge in [0.05, 0.1) is 0 Å². The van der Waals surface area contributed by atoms with Gasteiger partial charge in [0.2, 0.25) is 0 Å². The zero-order valence-corrected chi connectivity index (χ0v) is 14.4. The largest absolute Gasteiger partial charge is 0.348 e. The Kier molecular flexibility index (Phi) is 4.38. The van der Waals surface area contributed by atoms with Gasteiger partial charge in [-0.3, -0.25) is 14.4 Å². The van der Waals surface area contributed by atoms with Gasteiger partial charge in [0, 0.05) is 28.8 Å². The van der Waals surface area contributed by atoms with E-state index >= 15 is 0 Å². The summed E-state index contributed by atoms with van der Waals surface area (Å²) in [6, 6.07) is 11.5. The first kappa shape index (κ1) is 17.0. The molecule has 2 aromatic carbocycles. The standard InChI is InChI=1S/C17H10Cl3NO3/c18-17(19,20)16(24)21-8-9-4-3-7-12-13(9)15(23)11-6-2-1-5-10(11)14(12)22/h1-7H,8H2,(H,21,24). The lowest BCUT2D eigenvalue weighted by molar-refractivity contribution is -0.120. The second kappa shape index (κ2) is 6.20. The maximum atomic E-state index is 12.8. The number of halogens is 3. The summed E-state index contributed by atoms with van der Waals surface area (Å²) < 4.78 is -2.10. The van der Waals surface area contributed by atoms with E-state index in [2.05, 4.69) is 5.32 Å². The van der Waals surface area contributed by atoms with Crippen LogP contribution in [0.2, 0.25) is 0 Å². The van der Waals surface area contributed by atoms with Gasteiger partial charge in [-0.2, -0.15) is 0 Å². The number of nitrogens with one attached hydrogen (secondary N) is 1. The van der Waals surface area contributed by atoms with Crippen LogP contribution in [0, 0.1) is 0 Å². The average Bonchev–Trinajstić information content (AvgIpc) is 2.56. The molecule has 24 heavy (non-hydrogen) atoms. The van der Waals surface area contributed by atoms with Crippen molar-refractivity contribution in [1.82, 2.24) is 5.32 Å². The van der Waals surface area contributed by atoms with Crippen LogP contribution in [-0.2, 0) is 11.3 Å². The number of hydrogen-bond donors (Lipinski definition) is 1. The van der Waals surface area contributed by atoms with E-state index in [-0.39, 0.29) is 23.7 Å². The summed E-state index contributed by atoms with van der Waals surface area (Å²) in [6.07, 6.45) is 0. The topological polar surface area (TPSA) is 63.2 Å². The van der Waals surface area contributed by atoms with E-state index in [1.54, 1.807) is 42.5 Å². The highest BCUT2D eigenvalue weighted by atomic mass is 35.6. The van der Waals surface area contributed by atoms with Gasteiger partial charge in [-0.15, -0.1) is 0 Å². The van der Waals surface area contributed by atoms with E-state index in [0.717, 1.165) is 0 Å². The van der Waals surface area contributed by atoms with Gasteiger partial charge >= 0.3 is 0 Å². The summed E-state index contributed by atoms with van der Waals surface area (Å²) in [5.74, 6) is -1.30. The summed E-state index contributed by atoms with van der Waals surface area (Å²) in [5.41, 5.74) is 1.78. The predicted molar refractivity (Wildman–Crippen MR) is 91.9 cm³/mol. The lowest BCUT2D eigenvalue weighted by atomic mass is 9.82. The number of ketones is 2. The molecule has 2 aromatic rings. The number of amides is 1. The number of rotatable bonds is 2. The molecule has 0 atom stereocenters. The minimum Gasteiger partial charge on any atom is -0.348 e. The van der Waals surface area contributed by atoms with Gasteiger partial charge in [-0.25, -0.2) is 0 Å². The van der Waals surface area contributed by atoms with E-state index in [1.165, 1.54) is 0 Å². The Morgan fingerprint density at radius 3 is 2.08 bits per heavy atom. The number of carbonyl (C=O) groups is 3. The number of fused-ring (bicyclic) bond motifs is 2. The van der Waals surface area contributed by atoms with Crippen molar-refractivity contribution in [2.24, 2.45) is 0 Å². The number of hydrogen-bond acceptors (Lipinski definition) is 3. The molecule has 0 heterocycles. The third kappa shape index (κ3) is 2.93. The Bertz CT molecular complexity index is 872. The summed E-state index contributed by atoms with van der Waals surface area (Å²) in [7, 11) is 0. The lowest BCUT2D eigenvalue weighted by Gasteiger charge is -2.20. The molecular formula is C17H10Cl3NO3. The minimum atomic E-state index is -2.10. The van der Waals surface area contributed by atoms with E-state index in [4.69, 9.17) is 34.8 Å². The predicted octanol–water partition coefficient (Wildman–Crippen LogP) is 3.45. The summed E-state index contributed by atoms with van der Waals surface area (Å²) >= 11 is 16.5. The van der Waals surface area contributed by atoms with Crippen molar-refractivity contribution in [3.8, 4) is 0 Å². The van der Waals surface area contributed by atoms with Crippen LogP contribution in [0.15, 0.2) is 42.5 Å². The Morgan fingerprint density at radius 1 is 0.875 bits per heavy atom. The Balaban J connectivity index is 2.00. The molecule has 1 amide bonds. The van der Waals surface area contributed by atoms with Crippen LogP contribution in [0.25, 0.3) is 0 Å². The van der Waals surface area contributed by atoms with Crippen molar-refractivity contribution in [1.29, 1.82) is 0 Å². The molecule has 0 aromatic heterocycles. The maximum Gasteiger partial charge on any atom is 0.272 e. The smallest absolute Gasteiger partial charge is 0.272 e. The molecule has 0 saturated heterocycles. The quantitative estimate of drug-likeness (QED) is 0.691. The normalized spacial score (nSPS) is 13.3. The summed E-state index contributed by atoms with van der Waals surface area (Å²) in [6.45, 7) is -0.0307. The minimum absolute atomic E-state index is 0.0307. The van der Waals surface area contributed by atoms with Gasteiger partial charge in [0.15, 0.2) is 11.6 Å². The van der Waals surface area contributed by atoms with Crippen LogP contribution in [0.4, 0.5) is 0 Å². The molecule has 3 rings (SSSR count). The summed E-state index contributed by atoms with van der Waals surface area (Å²) in [5, 5.41) is 2.45. The van der Waals surface area contributed by atoms with E-state index in [1.807, 2.05) is 0 Å². The maximum absolute atomic E-state index is 12.8. The first-order valence-electron chi connectivity index (χ1n) is 6.96.